The van der Waals surface area contributed by atoms with Gasteiger partial charge in [-0.05, 0) is 6.08 Å². The SMILES string of the molecule is C=CCC(N)(C=C)OC(=O)C=C. The molecule has 0 rings (SSSR count). The molecule has 0 aromatic carbocycles. The molecule has 0 aromatic heterocycles. The van der Waals surface area contributed by atoms with Crippen LogP contribution in [-0.4, -0.2) is 11.7 Å². The van der Waals surface area contributed by atoms with Crippen molar-refractivity contribution in [2.75, 3.05) is 0 Å². The lowest BCUT2D eigenvalue weighted by molar-refractivity contribution is -0.148. The van der Waals surface area contributed by atoms with Crippen molar-refractivity contribution in [3.05, 3.63) is 38.0 Å². The highest BCUT2D eigenvalue weighted by molar-refractivity contribution is 5.81. The molecule has 2 N–H and O–H groups in total. The van der Waals surface area contributed by atoms with E-state index in [9.17, 15) is 4.79 Å². The van der Waals surface area contributed by atoms with E-state index in [0.717, 1.165) is 6.08 Å². The molecular formula is C9H13NO2. The third kappa shape index (κ3) is 3.16. The number of carbonyl (C=O) groups is 1. The Morgan fingerprint density at radius 3 is 2.42 bits per heavy atom. The number of ether oxygens (including phenoxy) is 1. The monoisotopic (exact) mass is 167 g/mol. The lowest BCUT2D eigenvalue weighted by Crippen LogP contribution is -2.41. The fourth-order valence-electron chi connectivity index (χ4n) is 0.621. The zero-order valence-electron chi connectivity index (χ0n) is 6.95. The molecule has 12 heavy (non-hydrogen) atoms. The van der Waals surface area contributed by atoms with Gasteiger partial charge >= 0.3 is 5.97 Å². The van der Waals surface area contributed by atoms with Gasteiger partial charge in [0.05, 0.1) is 0 Å². The van der Waals surface area contributed by atoms with Crippen LogP contribution < -0.4 is 5.73 Å². The number of hydrogen-bond donors (Lipinski definition) is 1. The van der Waals surface area contributed by atoms with Gasteiger partial charge < -0.3 is 4.74 Å². The van der Waals surface area contributed by atoms with Crippen LogP contribution in [0, 0.1) is 0 Å². The molecule has 0 aliphatic carbocycles. The molecule has 0 amide bonds. The third-order valence-corrected chi connectivity index (χ3v) is 1.27. The fraction of sp³-hybridized carbons (Fsp3) is 0.222. The molecule has 3 nitrogen and oxygen atoms in total. The maximum Gasteiger partial charge on any atom is 0.332 e. The van der Waals surface area contributed by atoms with Crippen LogP contribution in [-0.2, 0) is 9.53 Å². The van der Waals surface area contributed by atoms with Gasteiger partial charge in [-0.2, -0.15) is 0 Å². The molecule has 1 atom stereocenters. The van der Waals surface area contributed by atoms with Crippen LogP contribution in [0.15, 0.2) is 38.0 Å². The van der Waals surface area contributed by atoms with Crippen molar-refractivity contribution in [3.8, 4) is 0 Å². The summed E-state index contributed by atoms with van der Waals surface area (Å²) in [6.45, 7) is 10.2. The van der Waals surface area contributed by atoms with E-state index >= 15 is 0 Å². The minimum Gasteiger partial charge on any atom is -0.437 e. The van der Waals surface area contributed by atoms with Crippen LogP contribution in [0.5, 0.6) is 0 Å². The summed E-state index contributed by atoms with van der Waals surface area (Å²) in [7, 11) is 0. The Hall–Kier alpha value is -1.35. The Bertz CT molecular complexity index is 211. The minimum atomic E-state index is -1.16. The van der Waals surface area contributed by atoms with E-state index in [1.54, 1.807) is 6.08 Å². The van der Waals surface area contributed by atoms with Crippen molar-refractivity contribution in [1.29, 1.82) is 0 Å². The molecule has 0 aromatic rings. The van der Waals surface area contributed by atoms with Crippen molar-refractivity contribution >= 4 is 5.97 Å². The number of hydrogen-bond acceptors (Lipinski definition) is 3. The summed E-state index contributed by atoms with van der Waals surface area (Å²) < 4.78 is 4.81. The molecule has 66 valence electrons. The molecule has 0 fully saturated rings. The largest absolute Gasteiger partial charge is 0.437 e. The Labute approximate surface area is 72.2 Å². The zero-order valence-corrected chi connectivity index (χ0v) is 6.95. The lowest BCUT2D eigenvalue weighted by Gasteiger charge is -2.23. The maximum absolute atomic E-state index is 10.8. The highest BCUT2D eigenvalue weighted by Gasteiger charge is 2.22. The standard InChI is InChI=1S/C9H13NO2/c1-4-7-9(10,6-3)12-8(11)5-2/h4-6H,1-3,7,10H2. The zero-order chi connectivity index (χ0) is 9.61. The van der Waals surface area contributed by atoms with Crippen LogP contribution in [0.4, 0.5) is 0 Å². The normalized spacial score (nSPS) is 14.1. The summed E-state index contributed by atoms with van der Waals surface area (Å²) in [6, 6.07) is 0. The molecule has 0 saturated carbocycles. The quantitative estimate of drug-likeness (QED) is 0.289. The first-order valence-electron chi connectivity index (χ1n) is 3.46. The number of esters is 1. The molecule has 0 radical (unpaired) electrons. The number of rotatable bonds is 5. The molecule has 0 bridgehead atoms. The molecule has 0 aliphatic heterocycles. The van der Waals surface area contributed by atoms with Gasteiger partial charge in [0, 0.05) is 12.5 Å². The van der Waals surface area contributed by atoms with Crippen molar-refractivity contribution in [1.82, 2.24) is 0 Å². The third-order valence-electron chi connectivity index (χ3n) is 1.27. The van der Waals surface area contributed by atoms with E-state index in [-0.39, 0.29) is 0 Å². The summed E-state index contributed by atoms with van der Waals surface area (Å²) in [5, 5.41) is 0. The summed E-state index contributed by atoms with van der Waals surface area (Å²) >= 11 is 0. The van der Waals surface area contributed by atoms with Gasteiger partial charge in [-0.3, -0.25) is 5.73 Å². The van der Waals surface area contributed by atoms with Crippen LogP contribution in [0.2, 0.25) is 0 Å². The van der Waals surface area contributed by atoms with Gasteiger partial charge in [0.1, 0.15) is 0 Å². The first kappa shape index (κ1) is 10.7. The van der Waals surface area contributed by atoms with Crippen LogP contribution >= 0.6 is 0 Å². The van der Waals surface area contributed by atoms with E-state index < -0.39 is 11.7 Å². The first-order valence-corrected chi connectivity index (χ1v) is 3.46. The highest BCUT2D eigenvalue weighted by Crippen LogP contribution is 2.10. The van der Waals surface area contributed by atoms with Gasteiger partial charge in [0.2, 0.25) is 0 Å². The molecular weight excluding hydrogens is 154 g/mol. The average Bonchev–Trinajstić information content (AvgIpc) is 2.05. The van der Waals surface area contributed by atoms with Gasteiger partial charge in [-0.25, -0.2) is 4.79 Å². The van der Waals surface area contributed by atoms with E-state index in [0.29, 0.717) is 6.42 Å². The number of carbonyl (C=O) groups excluding carboxylic acids is 1. The minimum absolute atomic E-state index is 0.329. The smallest absolute Gasteiger partial charge is 0.332 e. The second-order valence-electron chi connectivity index (χ2n) is 2.28. The summed E-state index contributed by atoms with van der Waals surface area (Å²) in [5.41, 5.74) is 4.44. The lowest BCUT2D eigenvalue weighted by atomic mass is 10.1. The van der Waals surface area contributed by atoms with Crippen molar-refractivity contribution in [2.45, 2.75) is 12.1 Å². The topological polar surface area (TPSA) is 52.3 Å². The second-order valence-corrected chi connectivity index (χ2v) is 2.28. The maximum atomic E-state index is 10.8. The summed E-state index contributed by atoms with van der Waals surface area (Å²) in [4.78, 5) is 10.8. The van der Waals surface area contributed by atoms with Gasteiger partial charge in [-0.1, -0.05) is 19.2 Å². The molecule has 0 spiro atoms. The van der Waals surface area contributed by atoms with Gasteiger partial charge in [0.15, 0.2) is 5.72 Å². The van der Waals surface area contributed by atoms with E-state index in [2.05, 4.69) is 19.7 Å². The highest BCUT2D eigenvalue weighted by atomic mass is 16.6. The first-order chi connectivity index (χ1) is 5.58. The van der Waals surface area contributed by atoms with Crippen LogP contribution in [0.1, 0.15) is 6.42 Å². The van der Waals surface area contributed by atoms with Gasteiger partial charge in [-0.15, -0.1) is 6.58 Å². The average molecular weight is 167 g/mol. The Morgan fingerprint density at radius 2 is 2.08 bits per heavy atom. The molecule has 3 heteroatoms. The van der Waals surface area contributed by atoms with Crippen LogP contribution in [0.3, 0.4) is 0 Å². The molecule has 0 saturated heterocycles. The molecule has 0 aliphatic rings. The molecule has 1 unspecified atom stereocenters. The predicted octanol–water partition coefficient (Wildman–Crippen LogP) is 1.13. The van der Waals surface area contributed by atoms with Crippen LogP contribution in [0.25, 0.3) is 0 Å². The van der Waals surface area contributed by atoms with Gasteiger partial charge in [0.25, 0.3) is 0 Å². The summed E-state index contributed by atoms with van der Waals surface area (Å²) in [5.74, 6) is -0.570. The van der Waals surface area contributed by atoms with Crippen molar-refractivity contribution in [3.63, 3.8) is 0 Å². The Kier molecular flexibility index (Phi) is 4.00. The predicted molar refractivity (Wildman–Crippen MR) is 48.2 cm³/mol. The second kappa shape index (κ2) is 4.51. The fourth-order valence-corrected chi connectivity index (χ4v) is 0.621. The van der Waals surface area contributed by atoms with E-state index in [4.69, 9.17) is 10.5 Å². The van der Waals surface area contributed by atoms with E-state index in [1.165, 1.54) is 6.08 Å². The Morgan fingerprint density at radius 1 is 1.50 bits per heavy atom. The Balaban J connectivity index is 4.31. The van der Waals surface area contributed by atoms with E-state index in [1.807, 2.05) is 0 Å². The van der Waals surface area contributed by atoms with Crippen molar-refractivity contribution < 1.29 is 9.53 Å². The number of nitrogens with two attached hydrogens (primary N) is 1. The van der Waals surface area contributed by atoms with Crippen molar-refractivity contribution in [2.24, 2.45) is 5.73 Å². The molecule has 0 heterocycles. The summed E-state index contributed by atoms with van der Waals surface area (Å²) in [6.07, 6.45) is 4.29.